The second-order valence-corrected chi connectivity index (χ2v) is 21.8. The summed E-state index contributed by atoms with van der Waals surface area (Å²) < 4.78 is 0. The van der Waals surface area contributed by atoms with Crippen LogP contribution in [0.2, 0.25) is 0 Å². The summed E-state index contributed by atoms with van der Waals surface area (Å²) in [5, 5.41) is 23.2. The van der Waals surface area contributed by atoms with Crippen LogP contribution in [0.3, 0.4) is 0 Å². The van der Waals surface area contributed by atoms with Crippen LogP contribution in [0.15, 0.2) is 85.1 Å². The third-order valence-corrected chi connectivity index (χ3v) is 14.6. The van der Waals surface area contributed by atoms with Gasteiger partial charge in [0.1, 0.15) is 0 Å². The molecule has 0 fully saturated rings. The number of amides is 1. The summed E-state index contributed by atoms with van der Waals surface area (Å²) in [4.78, 5) is 12.5. The summed E-state index contributed by atoms with van der Waals surface area (Å²) in [6.45, 7) is 4.21. The minimum absolute atomic E-state index is 0.0744. The Balaban J connectivity index is 3.51. The molecule has 0 saturated heterocycles. The zero-order chi connectivity index (χ0) is 52.7. The minimum atomic E-state index is -0.869. The molecule has 0 aromatic carbocycles. The van der Waals surface area contributed by atoms with Gasteiger partial charge in [0.05, 0.1) is 18.8 Å². The lowest BCUT2D eigenvalue weighted by atomic mass is 10.0. The molecule has 0 rings (SSSR count). The average molecular weight is 1020 g/mol. The van der Waals surface area contributed by atoms with Gasteiger partial charge in [0.15, 0.2) is 0 Å². The van der Waals surface area contributed by atoms with Gasteiger partial charge in [-0.05, 0) is 77.0 Å². The van der Waals surface area contributed by atoms with E-state index >= 15 is 0 Å². The van der Waals surface area contributed by atoms with E-state index in [-0.39, 0.29) is 12.5 Å². The SMILES string of the molecule is CC/C=C\C/C=C\C/C=C\C/C=C\C/C=C\CCCCCCCCCCCCCCCC(=O)NC(CO)C(O)/C=C/CC/C=C/CCCCCCCCCCCCCCCCCCCCCCCCCCCC. The highest BCUT2D eigenvalue weighted by atomic mass is 16.3. The third kappa shape index (κ3) is 60.3. The smallest absolute Gasteiger partial charge is 0.220 e. The van der Waals surface area contributed by atoms with Crippen LogP contribution in [0, 0.1) is 0 Å². The summed E-state index contributed by atoms with van der Waals surface area (Å²) in [7, 11) is 0. The molecule has 0 bridgehead atoms. The first-order chi connectivity index (χ1) is 36.2. The fourth-order valence-electron chi connectivity index (χ4n) is 9.75. The van der Waals surface area contributed by atoms with Crippen LogP contribution in [0.5, 0.6) is 0 Å². The van der Waals surface area contributed by atoms with Gasteiger partial charge in [-0.1, -0.05) is 330 Å². The first-order valence-electron chi connectivity index (χ1n) is 32.3. The maximum atomic E-state index is 12.5. The van der Waals surface area contributed by atoms with E-state index in [0.29, 0.717) is 6.42 Å². The molecule has 0 aromatic heterocycles. The van der Waals surface area contributed by atoms with Gasteiger partial charge in [0.25, 0.3) is 0 Å². The van der Waals surface area contributed by atoms with Gasteiger partial charge < -0.3 is 15.5 Å². The summed E-state index contributed by atoms with van der Waals surface area (Å²) in [6.07, 6.45) is 93.6. The number of hydrogen-bond donors (Lipinski definition) is 3. The Morgan fingerprint density at radius 2 is 0.616 bits per heavy atom. The van der Waals surface area contributed by atoms with Gasteiger partial charge in [-0.15, -0.1) is 0 Å². The van der Waals surface area contributed by atoms with Crippen molar-refractivity contribution in [1.82, 2.24) is 5.32 Å². The summed E-state index contributed by atoms with van der Waals surface area (Å²) in [5.41, 5.74) is 0. The number of nitrogens with one attached hydrogen (secondary N) is 1. The lowest BCUT2D eigenvalue weighted by molar-refractivity contribution is -0.123. The lowest BCUT2D eigenvalue weighted by Crippen LogP contribution is -2.45. The summed E-state index contributed by atoms with van der Waals surface area (Å²) >= 11 is 0. The molecule has 0 heterocycles. The predicted molar refractivity (Wildman–Crippen MR) is 327 cm³/mol. The van der Waals surface area contributed by atoms with E-state index in [1.807, 2.05) is 6.08 Å². The van der Waals surface area contributed by atoms with Gasteiger partial charge >= 0.3 is 0 Å². The highest BCUT2D eigenvalue weighted by molar-refractivity contribution is 5.76. The molecule has 0 aliphatic carbocycles. The van der Waals surface area contributed by atoms with Gasteiger partial charge in [0, 0.05) is 6.42 Å². The standard InChI is InChI=1S/C69H125NO3/c1-3-5-7-9-11-13-15-17-19-21-23-25-27-29-31-33-34-35-37-38-40-42-44-46-48-50-52-54-56-58-60-62-64-68(72)67(66-71)70-69(73)65-63-61-59-57-55-53-51-49-47-45-43-41-39-36-32-30-28-26-24-22-20-18-16-14-12-10-8-6-4-2/h6,8,12,14,18,20,24,26,30,32,54,56,62,64,67-68,71-72H,3-5,7,9-11,13,15-17,19,21-23,25,27-29,31,33-53,55,57-61,63,65-66H2,1-2H3,(H,70,73)/b8-6-,14-12-,20-18-,26-24-,32-30-,56-54+,64-62+. The van der Waals surface area contributed by atoms with E-state index in [4.69, 9.17) is 0 Å². The molecule has 0 aliphatic rings. The van der Waals surface area contributed by atoms with Gasteiger partial charge in [-0.25, -0.2) is 0 Å². The second kappa shape index (κ2) is 63.9. The van der Waals surface area contributed by atoms with Crippen molar-refractivity contribution in [2.75, 3.05) is 6.61 Å². The Labute approximate surface area is 456 Å². The van der Waals surface area contributed by atoms with Crippen LogP contribution in [0.4, 0.5) is 0 Å². The molecule has 0 radical (unpaired) electrons. The van der Waals surface area contributed by atoms with Crippen molar-refractivity contribution in [3.63, 3.8) is 0 Å². The van der Waals surface area contributed by atoms with Gasteiger partial charge in [0.2, 0.25) is 5.91 Å². The molecule has 1 amide bonds. The number of allylic oxidation sites excluding steroid dienone is 13. The average Bonchev–Trinajstić information content (AvgIpc) is 3.40. The van der Waals surface area contributed by atoms with Crippen LogP contribution < -0.4 is 5.32 Å². The van der Waals surface area contributed by atoms with Gasteiger partial charge in [-0.2, -0.15) is 0 Å². The fourth-order valence-corrected chi connectivity index (χ4v) is 9.75. The molecule has 2 atom stereocenters. The molecule has 0 aliphatic heterocycles. The highest BCUT2D eigenvalue weighted by Crippen LogP contribution is 2.18. The molecule has 4 nitrogen and oxygen atoms in total. The Morgan fingerprint density at radius 1 is 0.342 bits per heavy atom. The molecular formula is C69H125NO3. The van der Waals surface area contributed by atoms with Crippen molar-refractivity contribution in [3.05, 3.63) is 85.1 Å². The Morgan fingerprint density at radius 3 is 0.959 bits per heavy atom. The van der Waals surface area contributed by atoms with Crippen molar-refractivity contribution in [2.45, 2.75) is 341 Å². The molecule has 0 saturated carbocycles. The molecule has 0 aromatic rings. The number of unbranched alkanes of at least 4 members (excludes halogenated alkanes) is 40. The molecule has 0 spiro atoms. The van der Waals surface area contributed by atoms with E-state index in [9.17, 15) is 15.0 Å². The summed E-state index contributed by atoms with van der Waals surface area (Å²) in [6, 6.07) is -0.646. The number of carbonyl (C=O) groups is 1. The van der Waals surface area contributed by atoms with E-state index in [1.54, 1.807) is 6.08 Å². The number of aliphatic hydroxyl groups excluding tert-OH is 2. The van der Waals surface area contributed by atoms with Crippen molar-refractivity contribution in [2.24, 2.45) is 0 Å². The molecule has 2 unspecified atom stereocenters. The molecule has 424 valence electrons. The van der Waals surface area contributed by atoms with Crippen LogP contribution in [-0.2, 0) is 4.79 Å². The number of aliphatic hydroxyl groups is 2. The first-order valence-corrected chi connectivity index (χ1v) is 32.3. The molecule has 73 heavy (non-hydrogen) atoms. The van der Waals surface area contributed by atoms with Crippen LogP contribution >= 0.6 is 0 Å². The zero-order valence-electron chi connectivity index (χ0n) is 48.9. The molecular weight excluding hydrogens is 891 g/mol. The van der Waals surface area contributed by atoms with Crippen molar-refractivity contribution >= 4 is 5.91 Å². The quantitative estimate of drug-likeness (QED) is 0.0420. The largest absolute Gasteiger partial charge is 0.394 e. The Kier molecular flexibility index (Phi) is 61.7. The van der Waals surface area contributed by atoms with E-state index < -0.39 is 12.1 Å². The van der Waals surface area contributed by atoms with E-state index in [0.717, 1.165) is 64.2 Å². The van der Waals surface area contributed by atoms with Crippen LogP contribution in [0.1, 0.15) is 328 Å². The van der Waals surface area contributed by atoms with Crippen molar-refractivity contribution in [1.29, 1.82) is 0 Å². The molecule has 4 heteroatoms. The number of hydrogen-bond acceptors (Lipinski definition) is 3. The molecule has 3 N–H and O–H groups in total. The van der Waals surface area contributed by atoms with Gasteiger partial charge in [-0.3, -0.25) is 4.79 Å². The fraction of sp³-hybridized carbons (Fsp3) is 0.783. The van der Waals surface area contributed by atoms with Crippen LogP contribution in [0.25, 0.3) is 0 Å². The predicted octanol–water partition coefficient (Wildman–Crippen LogP) is 21.9. The maximum Gasteiger partial charge on any atom is 0.220 e. The van der Waals surface area contributed by atoms with Crippen molar-refractivity contribution in [3.8, 4) is 0 Å². The van der Waals surface area contributed by atoms with E-state index in [1.165, 1.54) is 244 Å². The second-order valence-electron chi connectivity index (χ2n) is 21.8. The number of carbonyl (C=O) groups excluding carboxylic acids is 1. The lowest BCUT2D eigenvalue weighted by Gasteiger charge is -2.19. The normalized spacial score (nSPS) is 13.3. The van der Waals surface area contributed by atoms with Crippen molar-refractivity contribution < 1.29 is 15.0 Å². The van der Waals surface area contributed by atoms with E-state index in [2.05, 4.69) is 92.1 Å². The Bertz CT molecular complexity index is 1290. The zero-order valence-corrected chi connectivity index (χ0v) is 48.9. The Hall–Kier alpha value is -2.43. The first kappa shape index (κ1) is 70.6. The highest BCUT2D eigenvalue weighted by Gasteiger charge is 2.18. The minimum Gasteiger partial charge on any atom is -0.394 e. The monoisotopic (exact) mass is 1020 g/mol. The number of rotatable bonds is 59. The topological polar surface area (TPSA) is 69.6 Å². The third-order valence-electron chi connectivity index (χ3n) is 14.6. The van der Waals surface area contributed by atoms with Crippen LogP contribution in [-0.4, -0.2) is 34.9 Å². The maximum absolute atomic E-state index is 12.5. The summed E-state index contributed by atoms with van der Waals surface area (Å²) in [5.74, 6) is -0.0744.